The molecule has 0 aliphatic carbocycles. The molecule has 9 nitrogen and oxygen atoms in total. The van der Waals surface area contributed by atoms with Gasteiger partial charge in [0.1, 0.15) is 17.7 Å². The Kier molecular flexibility index (Phi) is 8.28. The van der Waals surface area contributed by atoms with E-state index in [1.807, 2.05) is 24.3 Å². The first-order valence-corrected chi connectivity index (χ1v) is 10.0. The van der Waals surface area contributed by atoms with E-state index in [9.17, 15) is 0 Å². The van der Waals surface area contributed by atoms with E-state index >= 15 is 0 Å². The van der Waals surface area contributed by atoms with Crippen molar-refractivity contribution in [1.29, 1.82) is 0 Å². The van der Waals surface area contributed by atoms with Crippen molar-refractivity contribution in [2.75, 3.05) is 40.5 Å². The van der Waals surface area contributed by atoms with Gasteiger partial charge in [-0.2, -0.15) is 5.10 Å². The normalized spacial score (nSPS) is 21.9. The van der Waals surface area contributed by atoms with E-state index in [2.05, 4.69) is 30.4 Å². The quantitative estimate of drug-likeness (QED) is 0.349. The van der Waals surface area contributed by atoms with E-state index in [1.165, 1.54) is 0 Å². The van der Waals surface area contributed by atoms with Crippen molar-refractivity contribution in [3.63, 3.8) is 0 Å². The average molecular weight is 528 g/mol. The maximum Gasteiger partial charge on any atom is 0.194 e. The van der Waals surface area contributed by atoms with E-state index in [0.29, 0.717) is 19.0 Å². The second-order valence-corrected chi connectivity index (χ2v) is 7.14. The number of ether oxygens (including phenoxy) is 3. The first kappa shape index (κ1) is 22.8. The number of methoxy groups -OCH3 is 1. The Hall–Kier alpha value is -1.92. The van der Waals surface area contributed by atoms with Crippen LogP contribution in [-0.4, -0.2) is 78.7 Å². The number of aromatic amines is 1. The molecule has 164 valence electrons. The zero-order valence-corrected chi connectivity index (χ0v) is 19.7. The molecule has 0 spiro atoms. The molecule has 2 fully saturated rings. The lowest BCUT2D eigenvalue weighted by molar-refractivity contribution is -0.0817. The zero-order chi connectivity index (χ0) is 20.1. The Morgan fingerprint density at radius 3 is 2.77 bits per heavy atom. The van der Waals surface area contributed by atoms with Gasteiger partial charge >= 0.3 is 0 Å². The molecule has 2 N–H and O–H groups in total. The first-order chi connectivity index (χ1) is 14.3. The SMILES string of the molecule is CN=C(NCc1nc(-c2ccc(OC)cc2)n[nH]1)N1CCOC(C2CCCO2)C1.I. The van der Waals surface area contributed by atoms with Gasteiger partial charge in [-0.1, -0.05) is 0 Å². The maximum atomic E-state index is 5.93. The molecule has 0 saturated carbocycles. The van der Waals surface area contributed by atoms with Gasteiger partial charge in [0.05, 0.1) is 26.4 Å². The van der Waals surface area contributed by atoms with Gasteiger partial charge in [0.25, 0.3) is 0 Å². The molecular formula is C20H29IN6O3. The Morgan fingerprint density at radius 2 is 2.07 bits per heavy atom. The molecule has 4 rings (SSSR count). The van der Waals surface area contributed by atoms with E-state index in [0.717, 1.165) is 55.6 Å². The molecule has 2 aliphatic heterocycles. The molecule has 0 radical (unpaired) electrons. The summed E-state index contributed by atoms with van der Waals surface area (Å²) in [7, 11) is 3.44. The van der Waals surface area contributed by atoms with Crippen LogP contribution in [0.25, 0.3) is 11.4 Å². The van der Waals surface area contributed by atoms with Crippen molar-refractivity contribution in [3.05, 3.63) is 30.1 Å². The molecule has 0 amide bonds. The highest BCUT2D eigenvalue weighted by atomic mass is 127. The lowest BCUT2D eigenvalue weighted by Crippen LogP contribution is -2.53. The summed E-state index contributed by atoms with van der Waals surface area (Å²) >= 11 is 0. The fourth-order valence-electron chi connectivity index (χ4n) is 3.73. The summed E-state index contributed by atoms with van der Waals surface area (Å²) in [6.45, 7) is 3.60. The second kappa shape index (κ2) is 10.9. The number of nitrogens with one attached hydrogen (secondary N) is 2. The Balaban J connectivity index is 0.00000256. The topological polar surface area (TPSA) is 96.9 Å². The Labute approximate surface area is 193 Å². The highest BCUT2D eigenvalue weighted by molar-refractivity contribution is 14.0. The molecule has 2 atom stereocenters. The van der Waals surface area contributed by atoms with Gasteiger partial charge in [0, 0.05) is 32.3 Å². The summed E-state index contributed by atoms with van der Waals surface area (Å²) in [4.78, 5) is 11.2. The van der Waals surface area contributed by atoms with Crippen LogP contribution < -0.4 is 10.1 Å². The highest BCUT2D eigenvalue weighted by Crippen LogP contribution is 2.21. The lowest BCUT2D eigenvalue weighted by Gasteiger charge is -2.37. The number of hydrogen-bond donors (Lipinski definition) is 2. The van der Waals surface area contributed by atoms with Crippen molar-refractivity contribution < 1.29 is 14.2 Å². The number of aliphatic imine (C=N–C) groups is 1. The fourth-order valence-corrected chi connectivity index (χ4v) is 3.73. The minimum Gasteiger partial charge on any atom is -0.497 e. The molecule has 2 aliphatic rings. The molecule has 3 heterocycles. The molecule has 2 saturated heterocycles. The lowest BCUT2D eigenvalue weighted by atomic mass is 10.1. The van der Waals surface area contributed by atoms with Crippen LogP contribution in [0.4, 0.5) is 0 Å². The van der Waals surface area contributed by atoms with Gasteiger partial charge in [-0.25, -0.2) is 4.98 Å². The van der Waals surface area contributed by atoms with Gasteiger partial charge in [0.2, 0.25) is 0 Å². The fraction of sp³-hybridized carbons (Fsp3) is 0.550. The van der Waals surface area contributed by atoms with E-state index < -0.39 is 0 Å². The Bertz CT molecular complexity index is 822. The van der Waals surface area contributed by atoms with Crippen LogP contribution >= 0.6 is 24.0 Å². The predicted molar refractivity (Wildman–Crippen MR) is 124 cm³/mol. The van der Waals surface area contributed by atoms with Crippen molar-refractivity contribution in [2.24, 2.45) is 4.99 Å². The number of nitrogens with zero attached hydrogens (tertiary/aromatic N) is 4. The molecule has 1 aromatic heterocycles. The Morgan fingerprint density at radius 1 is 1.27 bits per heavy atom. The van der Waals surface area contributed by atoms with Crippen molar-refractivity contribution in [2.45, 2.75) is 31.6 Å². The maximum absolute atomic E-state index is 5.93. The van der Waals surface area contributed by atoms with Crippen LogP contribution in [0, 0.1) is 0 Å². The molecular weight excluding hydrogens is 499 g/mol. The minimum absolute atomic E-state index is 0. The number of benzene rings is 1. The number of rotatable bonds is 5. The van der Waals surface area contributed by atoms with Crippen LogP contribution in [0.2, 0.25) is 0 Å². The molecule has 0 bridgehead atoms. The predicted octanol–water partition coefficient (Wildman–Crippen LogP) is 2.05. The number of guanidine groups is 1. The van der Waals surface area contributed by atoms with Gasteiger partial charge in [-0.3, -0.25) is 10.1 Å². The van der Waals surface area contributed by atoms with Gasteiger partial charge in [0.15, 0.2) is 11.8 Å². The summed E-state index contributed by atoms with van der Waals surface area (Å²) in [6, 6.07) is 7.68. The number of aromatic nitrogens is 3. The summed E-state index contributed by atoms with van der Waals surface area (Å²) in [5.74, 6) is 3.05. The third-order valence-corrected chi connectivity index (χ3v) is 5.28. The zero-order valence-electron chi connectivity index (χ0n) is 17.3. The summed E-state index contributed by atoms with van der Waals surface area (Å²) in [5, 5.41) is 10.7. The van der Waals surface area contributed by atoms with Gasteiger partial charge in [-0.05, 0) is 37.1 Å². The van der Waals surface area contributed by atoms with Crippen molar-refractivity contribution in [1.82, 2.24) is 25.4 Å². The average Bonchev–Trinajstić information content (AvgIpc) is 3.47. The van der Waals surface area contributed by atoms with Gasteiger partial charge < -0.3 is 24.4 Å². The van der Waals surface area contributed by atoms with Crippen LogP contribution in [0.5, 0.6) is 5.75 Å². The van der Waals surface area contributed by atoms with Crippen molar-refractivity contribution in [3.8, 4) is 17.1 Å². The van der Waals surface area contributed by atoms with Crippen LogP contribution in [-0.2, 0) is 16.0 Å². The summed E-state index contributed by atoms with van der Waals surface area (Å²) in [6.07, 6.45) is 2.46. The van der Waals surface area contributed by atoms with Crippen LogP contribution in [0.15, 0.2) is 29.3 Å². The van der Waals surface area contributed by atoms with E-state index in [-0.39, 0.29) is 36.2 Å². The molecule has 1 aromatic carbocycles. The molecule has 30 heavy (non-hydrogen) atoms. The molecule has 2 aromatic rings. The summed E-state index contributed by atoms with van der Waals surface area (Å²) in [5.41, 5.74) is 0.935. The number of morpholine rings is 1. The number of halogens is 1. The van der Waals surface area contributed by atoms with Crippen molar-refractivity contribution >= 4 is 29.9 Å². The van der Waals surface area contributed by atoms with Gasteiger partial charge in [-0.15, -0.1) is 24.0 Å². The van der Waals surface area contributed by atoms with Crippen LogP contribution in [0.3, 0.4) is 0 Å². The minimum atomic E-state index is 0. The second-order valence-electron chi connectivity index (χ2n) is 7.14. The largest absolute Gasteiger partial charge is 0.497 e. The molecule has 10 heteroatoms. The monoisotopic (exact) mass is 528 g/mol. The number of H-pyrrole nitrogens is 1. The summed E-state index contributed by atoms with van der Waals surface area (Å²) < 4.78 is 16.9. The molecule has 2 unspecified atom stereocenters. The third kappa shape index (κ3) is 5.41. The first-order valence-electron chi connectivity index (χ1n) is 10.0. The third-order valence-electron chi connectivity index (χ3n) is 5.28. The van der Waals surface area contributed by atoms with Crippen LogP contribution in [0.1, 0.15) is 18.7 Å². The van der Waals surface area contributed by atoms with E-state index in [1.54, 1.807) is 14.2 Å². The smallest absolute Gasteiger partial charge is 0.194 e. The highest BCUT2D eigenvalue weighted by Gasteiger charge is 2.32. The van der Waals surface area contributed by atoms with E-state index in [4.69, 9.17) is 14.2 Å². The number of hydrogen-bond acceptors (Lipinski definition) is 6. The standard InChI is InChI=1S/C20H28N6O3.HI/c1-21-20(26-9-11-29-17(13-26)16-4-3-10-28-16)22-12-18-23-19(25-24-18)14-5-7-15(27-2)8-6-14;/h5-8,16-17H,3-4,9-13H2,1-2H3,(H,21,22)(H,23,24,25);1H.